The Balaban J connectivity index is 3.11. The lowest BCUT2D eigenvalue weighted by molar-refractivity contribution is -0.384. The third-order valence-corrected chi connectivity index (χ3v) is 1.74. The summed E-state index contributed by atoms with van der Waals surface area (Å²) >= 11 is 0. The monoisotopic (exact) mass is 194 g/mol. The molecule has 0 aliphatic carbocycles. The Labute approximate surface area is 80.9 Å². The van der Waals surface area contributed by atoms with E-state index in [-0.39, 0.29) is 5.69 Å². The fraction of sp³-hybridized carbons (Fsp3) is 0.222. The molecule has 0 aliphatic heterocycles. The second kappa shape index (κ2) is 4.36. The normalized spacial score (nSPS) is 9.50. The molecule has 1 N–H and O–H groups in total. The maximum absolute atomic E-state index is 10.6. The zero-order valence-corrected chi connectivity index (χ0v) is 7.69. The van der Waals surface area contributed by atoms with Crippen LogP contribution in [0.4, 0.5) is 11.4 Å². The summed E-state index contributed by atoms with van der Waals surface area (Å²) in [6, 6.07) is 4.15. The van der Waals surface area contributed by atoms with Crippen molar-refractivity contribution in [2.24, 2.45) is 0 Å². The number of anilines is 1. The summed E-state index contributed by atoms with van der Waals surface area (Å²) in [4.78, 5) is 20.5. The van der Waals surface area contributed by atoms with E-state index in [2.05, 4.69) is 5.32 Å². The van der Waals surface area contributed by atoms with E-state index in [9.17, 15) is 14.9 Å². The first kappa shape index (κ1) is 10.2. The molecule has 0 radical (unpaired) electrons. The summed E-state index contributed by atoms with van der Waals surface area (Å²) in [7, 11) is 0. The molecule has 0 aromatic heterocycles. The summed E-state index contributed by atoms with van der Waals surface area (Å²) in [5, 5.41) is 13.3. The number of non-ortho nitro benzene ring substituents is 1. The van der Waals surface area contributed by atoms with Gasteiger partial charge in [-0.05, 0) is 13.0 Å². The standard InChI is InChI=1S/C9H10N2O3/c1-2-10-9-4-3-8(11(13)14)5-7(9)6-12/h3-6,10H,2H2,1H3. The highest BCUT2D eigenvalue weighted by molar-refractivity contribution is 5.85. The minimum absolute atomic E-state index is 0.0752. The Hall–Kier alpha value is -1.91. The lowest BCUT2D eigenvalue weighted by Gasteiger charge is -2.05. The fourth-order valence-corrected chi connectivity index (χ4v) is 1.11. The van der Waals surface area contributed by atoms with Gasteiger partial charge in [-0.1, -0.05) is 0 Å². The summed E-state index contributed by atoms with van der Waals surface area (Å²) in [6.07, 6.45) is 0.602. The molecule has 0 unspecified atom stereocenters. The largest absolute Gasteiger partial charge is 0.385 e. The predicted molar refractivity (Wildman–Crippen MR) is 52.6 cm³/mol. The van der Waals surface area contributed by atoms with Crippen molar-refractivity contribution in [3.63, 3.8) is 0 Å². The van der Waals surface area contributed by atoms with Crippen LogP contribution in [-0.2, 0) is 0 Å². The maximum atomic E-state index is 10.6. The molecule has 14 heavy (non-hydrogen) atoms. The van der Waals surface area contributed by atoms with Crippen LogP contribution in [0.3, 0.4) is 0 Å². The Kier molecular flexibility index (Phi) is 3.17. The molecule has 1 rings (SSSR count). The van der Waals surface area contributed by atoms with E-state index in [1.54, 1.807) is 0 Å². The first-order valence-electron chi connectivity index (χ1n) is 4.16. The number of nitro benzene ring substituents is 1. The lowest BCUT2D eigenvalue weighted by atomic mass is 10.1. The first-order valence-corrected chi connectivity index (χ1v) is 4.16. The van der Waals surface area contributed by atoms with Crippen molar-refractivity contribution < 1.29 is 9.72 Å². The average Bonchev–Trinajstić information content (AvgIpc) is 2.18. The fourth-order valence-electron chi connectivity index (χ4n) is 1.11. The Bertz CT molecular complexity index is 363. The van der Waals surface area contributed by atoms with Crippen molar-refractivity contribution in [2.75, 3.05) is 11.9 Å². The SMILES string of the molecule is CCNc1ccc([N+](=O)[O-])cc1C=O. The van der Waals surface area contributed by atoms with Gasteiger partial charge in [-0.25, -0.2) is 0 Å². The van der Waals surface area contributed by atoms with Crippen LogP contribution >= 0.6 is 0 Å². The molecule has 74 valence electrons. The van der Waals surface area contributed by atoms with E-state index in [0.29, 0.717) is 24.1 Å². The van der Waals surface area contributed by atoms with Crippen LogP contribution in [-0.4, -0.2) is 17.8 Å². The quantitative estimate of drug-likeness (QED) is 0.451. The van der Waals surface area contributed by atoms with Crippen LogP contribution in [0.15, 0.2) is 18.2 Å². The summed E-state index contributed by atoms with van der Waals surface area (Å²) in [5.41, 5.74) is 0.850. The van der Waals surface area contributed by atoms with Gasteiger partial charge in [-0.3, -0.25) is 14.9 Å². The number of nitrogens with one attached hydrogen (secondary N) is 1. The topological polar surface area (TPSA) is 72.2 Å². The van der Waals surface area contributed by atoms with Crippen molar-refractivity contribution in [1.29, 1.82) is 0 Å². The molecule has 1 aromatic carbocycles. The van der Waals surface area contributed by atoms with E-state index in [1.165, 1.54) is 18.2 Å². The number of hydrogen-bond donors (Lipinski definition) is 1. The van der Waals surface area contributed by atoms with Crippen LogP contribution in [0.5, 0.6) is 0 Å². The number of nitro groups is 1. The number of carbonyl (C=O) groups is 1. The molecule has 0 amide bonds. The van der Waals surface area contributed by atoms with Crippen LogP contribution in [0.2, 0.25) is 0 Å². The van der Waals surface area contributed by atoms with Gasteiger partial charge in [0.25, 0.3) is 5.69 Å². The van der Waals surface area contributed by atoms with Crippen LogP contribution < -0.4 is 5.32 Å². The molecule has 1 aromatic rings. The van der Waals surface area contributed by atoms with E-state index in [4.69, 9.17) is 0 Å². The number of hydrogen-bond acceptors (Lipinski definition) is 4. The second-order valence-corrected chi connectivity index (χ2v) is 2.68. The summed E-state index contributed by atoms with van der Waals surface area (Å²) in [6.45, 7) is 2.55. The Morgan fingerprint density at radius 1 is 1.57 bits per heavy atom. The molecule has 0 aliphatic rings. The van der Waals surface area contributed by atoms with Crippen molar-refractivity contribution >= 4 is 17.7 Å². The van der Waals surface area contributed by atoms with Gasteiger partial charge in [-0.15, -0.1) is 0 Å². The van der Waals surface area contributed by atoms with Gasteiger partial charge in [-0.2, -0.15) is 0 Å². The highest BCUT2D eigenvalue weighted by atomic mass is 16.6. The van der Waals surface area contributed by atoms with Gasteiger partial charge in [0, 0.05) is 29.9 Å². The molecular formula is C9H10N2O3. The van der Waals surface area contributed by atoms with Crippen molar-refractivity contribution in [2.45, 2.75) is 6.92 Å². The molecule has 0 saturated carbocycles. The molecule has 5 heteroatoms. The van der Waals surface area contributed by atoms with Gasteiger partial charge in [0.1, 0.15) is 0 Å². The second-order valence-electron chi connectivity index (χ2n) is 2.68. The molecule has 0 spiro atoms. The lowest BCUT2D eigenvalue weighted by Crippen LogP contribution is -2.01. The number of benzene rings is 1. The highest BCUT2D eigenvalue weighted by Gasteiger charge is 2.09. The van der Waals surface area contributed by atoms with Crippen molar-refractivity contribution in [3.8, 4) is 0 Å². The predicted octanol–water partition coefficient (Wildman–Crippen LogP) is 1.84. The van der Waals surface area contributed by atoms with E-state index >= 15 is 0 Å². The maximum Gasteiger partial charge on any atom is 0.270 e. The van der Waals surface area contributed by atoms with Crippen LogP contribution in [0.25, 0.3) is 0 Å². The van der Waals surface area contributed by atoms with Gasteiger partial charge in [0.05, 0.1) is 4.92 Å². The zero-order chi connectivity index (χ0) is 10.6. The highest BCUT2D eigenvalue weighted by Crippen LogP contribution is 2.20. The Morgan fingerprint density at radius 3 is 2.79 bits per heavy atom. The van der Waals surface area contributed by atoms with E-state index < -0.39 is 4.92 Å². The molecule has 5 nitrogen and oxygen atoms in total. The number of rotatable bonds is 4. The molecule has 0 saturated heterocycles. The smallest absolute Gasteiger partial charge is 0.270 e. The molecule has 0 atom stereocenters. The van der Waals surface area contributed by atoms with Gasteiger partial charge < -0.3 is 5.32 Å². The van der Waals surface area contributed by atoms with Crippen molar-refractivity contribution in [1.82, 2.24) is 0 Å². The van der Waals surface area contributed by atoms with Crippen LogP contribution in [0, 0.1) is 10.1 Å². The molecule has 0 fully saturated rings. The van der Waals surface area contributed by atoms with Crippen LogP contribution in [0.1, 0.15) is 17.3 Å². The van der Waals surface area contributed by atoms with E-state index in [0.717, 1.165) is 0 Å². The van der Waals surface area contributed by atoms with Gasteiger partial charge in [0.2, 0.25) is 0 Å². The Morgan fingerprint density at radius 2 is 2.29 bits per heavy atom. The molecular weight excluding hydrogens is 184 g/mol. The summed E-state index contributed by atoms with van der Waals surface area (Å²) in [5.74, 6) is 0. The number of carbonyl (C=O) groups excluding carboxylic acids is 1. The average molecular weight is 194 g/mol. The zero-order valence-electron chi connectivity index (χ0n) is 7.69. The minimum Gasteiger partial charge on any atom is -0.385 e. The number of aldehydes is 1. The van der Waals surface area contributed by atoms with E-state index in [1.807, 2.05) is 6.92 Å². The number of nitrogens with zero attached hydrogens (tertiary/aromatic N) is 1. The molecule has 0 heterocycles. The molecule has 0 bridgehead atoms. The first-order chi connectivity index (χ1) is 6.69. The van der Waals surface area contributed by atoms with Gasteiger partial charge in [0.15, 0.2) is 6.29 Å². The minimum atomic E-state index is -0.525. The van der Waals surface area contributed by atoms with Crippen molar-refractivity contribution in [3.05, 3.63) is 33.9 Å². The van der Waals surface area contributed by atoms with Gasteiger partial charge >= 0.3 is 0 Å². The summed E-state index contributed by atoms with van der Waals surface area (Å²) < 4.78 is 0. The third kappa shape index (κ3) is 2.07. The third-order valence-electron chi connectivity index (χ3n) is 1.74.